The number of carbonyl (C=O) groups excluding carboxylic acids is 2. The first-order valence-electron chi connectivity index (χ1n) is 6.18. The van der Waals surface area contributed by atoms with E-state index in [4.69, 9.17) is 4.74 Å². The van der Waals surface area contributed by atoms with Gasteiger partial charge in [0, 0.05) is 11.5 Å². The number of methoxy groups -OCH3 is 3. The number of rotatable bonds is 7. The van der Waals surface area contributed by atoms with Gasteiger partial charge in [0.15, 0.2) is 5.92 Å². The van der Waals surface area contributed by atoms with E-state index in [0.29, 0.717) is 11.3 Å². The maximum atomic E-state index is 11.9. The Kier molecular flexibility index (Phi) is 6.32. The lowest BCUT2D eigenvalue weighted by Gasteiger charge is -2.23. The fourth-order valence-corrected chi connectivity index (χ4v) is 2.12. The zero-order valence-corrected chi connectivity index (χ0v) is 12.1. The van der Waals surface area contributed by atoms with Gasteiger partial charge in [-0.3, -0.25) is 9.59 Å². The largest absolute Gasteiger partial charge is 0.496 e. The summed E-state index contributed by atoms with van der Waals surface area (Å²) in [5.74, 6) is -3.24. The van der Waals surface area contributed by atoms with Gasteiger partial charge in [0.2, 0.25) is 0 Å². The van der Waals surface area contributed by atoms with Gasteiger partial charge < -0.3 is 14.2 Å². The quantitative estimate of drug-likeness (QED) is 0.430. The molecule has 1 rings (SSSR count). The van der Waals surface area contributed by atoms with Gasteiger partial charge in [0.25, 0.3) is 0 Å². The zero-order chi connectivity index (χ0) is 15.8. The summed E-state index contributed by atoms with van der Waals surface area (Å²) in [5.41, 5.74) is 0.514. The molecule has 0 bridgehead atoms. The van der Waals surface area contributed by atoms with Gasteiger partial charge in [0.1, 0.15) is 5.75 Å². The topological polar surface area (TPSA) is 91.3 Å². The molecule has 0 aliphatic carbocycles. The number of benzene rings is 1. The Hall–Kier alpha value is -2.44. The standard InChI is InChI=1S/C14H17NO6/c1-19-11-7-5-4-6-9(11)10(8-15-18)12(13(16)20-2)14(17)21-3/h4-7,10,12H,8H2,1-3H3/t10-/m1/s1. The Morgan fingerprint density at radius 3 is 2.14 bits per heavy atom. The van der Waals surface area contributed by atoms with Crippen LogP contribution in [0.1, 0.15) is 11.5 Å². The van der Waals surface area contributed by atoms with Crippen molar-refractivity contribution in [3.63, 3.8) is 0 Å². The highest BCUT2D eigenvalue weighted by Crippen LogP contribution is 2.33. The van der Waals surface area contributed by atoms with Crippen LogP contribution < -0.4 is 4.74 Å². The molecule has 1 aromatic carbocycles. The van der Waals surface area contributed by atoms with Crippen molar-refractivity contribution in [2.24, 2.45) is 11.1 Å². The average molecular weight is 295 g/mol. The van der Waals surface area contributed by atoms with E-state index in [9.17, 15) is 14.5 Å². The Balaban J connectivity index is 3.33. The minimum atomic E-state index is -1.28. The Labute approximate surface area is 122 Å². The smallest absolute Gasteiger partial charge is 0.320 e. The van der Waals surface area contributed by atoms with E-state index in [2.05, 4.69) is 14.7 Å². The predicted octanol–water partition coefficient (Wildman–Crippen LogP) is 1.51. The van der Waals surface area contributed by atoms with Crippen molar-refractivity contribution in [2.75, 3.05) is 27.9 Å². The summed E-state index contributed by atoms with van der Waals surface area (Å²) in [5, 5.41) is 2.82. The van der Waals surface area contributed by atoms with Crippen LogP contribution in [-0.2, 0) is 19.1 Å². The second-order valence-electron chi connectivity index (χ2n) is 4.18. The van der Waals surface area contributed by atoms with Crippen LogP contribution in [0.2, 0.25) is 0 Å². The molecule has 0 aliphatic rings. The number of para-hydroxylation sites is 1. The van der Waals surface area contributed by atoms with Crippen LogP contribution >= 0.6 is 0 Å². The minimum Gasteiger partial charge on any atom is -0.496 e. The third-order valence-corrected chi connectivity index (χ3v) is 3.12. The Morgan fingerprint density at radius 1 is 1.10 bits per heavy atom. The average Bonchev–Trinajstić information content (AvgIpc) is 2.53. The van der Waals surface area contributed by atoms with Crippen molar-refractivity contribution in [1.82, 2.24) is 0 Å². The summed E-state index contributed by atoms with van der Waals surface area (Å²) in [4.78, 5) is 34.5. The van der Waals surface area contributed by atoms with E-state index < -0.39 is 23.8 Å². The number of nitroso groups, excluding NO2 is 1. The van der Waals surface area contributed by atoms with E-state index in [1.165, 1.54) is 7.11 Å². The van der Waals surface area contributed by atoms with Crippen LogP contribution in [0, 0.1) is 10.8 Å². The molecule has 0 amide bonds. The van der Waals surface area contributed by atoms with Crippen molar-refractivity contribution >= 4 is 11.9 Å². The summed E-state index contributed by atoms with van der Waals surface area (Å²) < 4.78 is 14.5. The molecule has 7 heteroatoms. The molecule has 0 spiro atoms. The van der Waals surface area contributed by atoms with Gasteiger partial charge in [0.05, 0.1) is 27.9 Å². The first kappa shape index (κ1) is 16.6. The van der Waals surface area contributed by atoms with Crippen molar-refractivity contribution in [2.45, 2.75) is 5.92 Å². The predicted molar refractivity (Wildman–Crippen MR) is 73.9 cm³/mol. The van der Waals surface area contributed by atoms with Gasteiger partial charge in [-0.25, -0.2) is 0 Å². The number of hydrogen-bond acceptors (Lipinski definition) is 7. The SMILES string of the molecule is COC(=O)C(C(=O)OC)[C@H](CN=O)c1ccccc1OC. The first-order chi connectivity index (χ1) is 10.1. The highest BCUT2D eigenvalue weighted by atomic mass is 16.5. The summed E-state index contributed by atoms with van der Waals surface area (Å²) in [7, 11) is 3.77. The molecule has 0 aliphatic heterocycles. The molecular weight excluding hydrogens is 278 g/mol. The molecule has 0 fully saturated rings. The van der Waals surface area contributed by atoms with E-state index in [1.54, 1.807) is 24.3 Å². The summed E-state index contributed by atoms with van der Waals surface area (Å²) >= 11 is 0. The van der Waals surface area contributed by atoms with E-state index in [0.717, 1.165) is 14.2 Å². The van der Waals surface area contributed by atoms with Crippen molar-refractivity contribution in [3.8, 4) is 5.75 Å². The molecule has 114 valence electrons. The fraction of sp³-hybridized carbons (Fsp3) is 0.429. The third-order valence-electron chi connectivity index (χ3n) is 3.12. The van der Waals surface area contributed by atoms with Crippen LogP contribution in [0.25, 0.3) is 0 Å². The van der Waals surface area contributed by atoms with Crippen LogP contribution in [0.15, 0.2) is 29.4 Å². The lowest BCUT2D eigenvalue weighted by molar-refractivity contribution is -0.159. The first-order valence-corrected chi connectivity index (χ1v) is 6.18. The van der Waals surface area contributed by atoms with Crippen LogP contribution in [0.5, 0.6) is 5.75 Å². The maximum Gasteiger partial charge on any atom is 0.320 e. The molecular formula is C14H17NO6. The van der Waals surface area contributed by atoms with Gasteiger partial charge in [-0.15, -0.1) is 0 Å². The molecule has 0 radical (unpaired) electrons. The normalized spacial score (nSPS) is 11.6. The Morgan fingerprint density at radius 2 is 1.67 bits per heavy atom. The molecule has 0 N–H and O–H groups in total. The van der Waals surface area contributed by atoms with Gasteiger partial charge >= 0.3 is 11.9 Å². The van der Waals surface area contributed by atoms with Crippen molar-refractivity contribution in [3.05, 3.63) is 34.7 Å². The Bertz CT molecular complexity index is 500. The van der Waals surface area contributed by atoms with Gasteiger partial charge in [-0.1, -0.05) is 23.4 Å². The maximum absolute atomic E-state index is 11.9. The fourth-order valence-electron chi connectivity index (χ4n) is 2.12. The molecule has 1 aromatic rings. The number of carbonyl (C=O) groups is 2. The van der Waals surface area contributed by atoms with E-state index >= 15 is 0 Å². The number of esters is 2. The number of nitrogens with zero attached hydrogens (tertiary/aromatic N) is 1. The van der Waals surface area contributed by atoms with Crippen molar-refractivity contribution in [1.29, 1.82) is 0 Å². The van der Waals surface area contributed by atoms with E-state index in [1.807, 2.05) is 0 Å². The van der Waals surface area contributed by atoms with Crippen molar-refractivity contribution < 1.29 is 23.8 Å². The molecule has 0 aromatic heterocycles. The van der Waals surface area contributed by atoms with Crippen LogP contribution in [0.4, 0.5) is 0 Å². The lowest BCUT2D eigenvalue weighted by atomic mass is 9.85. The second-order valence-corrected chi connectivity index (χ2v) is 4.18. The molecule has 0 heterocycles. The monoisotopic (exact) mass is 295 g/mol. The summed E-state index contributed by atoms with van der Waals surface area (Å²) in [6.45, 7) is -0.283. The highest BCUT2D eigenvalue weighted by Gasteiger charge is 2.39. The van der Waals surface area contributed by atoms with Gasteiger partial charge in [-0.05, 0) is 6.07 Å². The van der Waals surface area contributed by atoms with Crippen LogP contribution in [0.3, 0.4) is 0 Å². The van der Waals surface area contributed by atoms with Gasteiger partial charge in [-0.2, -0.15) is 4.91 Å². The second kappa shape index (κ2) is 7.98. The molecule has 0 saturated carbocycles. The number of ether oxygens (including phenoxy) is 3. The summed E-state index contributed by atoms with van der Waals surface area (Å²) in [6, 6.07) is 6.77. The molecule has 1 atom stereocenters. The zero-order valence-electron chi connectivity index (χ0n) is 12.1. The minimum absolute atomic E-state index is 0.283. The molecule has 0 unspecified atom stereocenters. The van der Waals surface area contributed by atoms with E-state index in [-0.39, 0.29) is 6.54 Å². The molecule has 7 nitrogen and oxygen atoms in total. The summed E-state index contributed by atoms with van der Waals surface area (Å²) in [6.07, 6.45) is 0. The molecule has 0 saturated heterocycles. The number of hydrogen-bond donors (Lipinski definition) is 0. The highest BCUT2D eigenvalue weighted by molar-refractivity contribution is 5.96. The lowest BCUT2D eigenvalue weighted by Crippen LogP contribution is -2.33. The molecule has 21 heavy (non-hydrogen) atoms. The third kappa shape index (κ3) is 3.77. The van der Waals surface area contributed by atoms with Crippen LogP contribution in [-0.4, -0.2) is 39.8 Å².